The predicted octanol–water partition coefficient (Wildman–Crippen LogP) is 4.38. The second-order valence-electron chi connectivity index (χ2n) is 6.70. The van der Waals surface area contributed by atoms with Crippen LogP contribution in [0.4, 0.5) is 16.5 Å². The summed E-state index contributed by atoms with van der Waals surface area (Å²) in [6.45, 7) is 3.91. The minimum Gasteiger partial charge on any atom is -0.340 e. The van der Waals surface area contributed by atoms with E-state index in [4.69, 9.17) is 0 Å². The van der Waals surface area contributed by atoms with E-state index in [1.165, 1.54) is 30.0 Å². The highest BCUT2D eigenvalue weighted by atomic mass is 32.2. The van der Waals surface area contributed by atoms with Crippen molar-refractivity contribution in [2.75, 3.05) is 17.7 Å². The number of amides is 2. The van der Waals surface area contributed by atoms with Gasteiger partial charge in [0.1, 0.15) is 0 Å². The van der Waals surface area contributed by atoms with Gasteiger partial charge in [-0.05, 0) is 30.7 Å². The monoisotopic (exact) mass is 441 g/mol. The van der Waals surface area contributed by atoms with Crippen LogP contribution < -0.4 is 10.6 Å². The number of aromatic nitrogens is 2. The first-order valence-electron chi connectivity index (χ1n) is 9.34. The first-order valence-corrected chi connectivity index (χ1v) is 11.0. The number of thioether (sulfide) groups is 1. The average molecular weight is 442 g/mol. The molecule has 0 radical (unpaired) electrons. The molecule has 1 unspecified atom stereocenters. The number of nitrogens with zero attached hydrogens (tertiary/aromatic N) is 3. The molecule has 0 aliphatic rings. The van der Waals surface area contributed by atoms with E-state index in [-0.39, 0.29) is 17.1 Å². The van der Waals surface area contributed by atoms with Gasteiger partial charge in [0.05, 0.1) is 5.25 Å². The molecule has 7 nitrogen and oxygen atoms in total. The summed E-state index contributed by atoms with van der Waals surface area (Å²) < 4.78 is 0.712. The lowest BCUT2D eigenvalue weighted by Crippen LogP contribution is -2.32. The van der Waals surface area contributed by atoms with Crippen LogP contribution in [0.1, 0.15) is 19.4 Å². The van der Waals surface area contributed by atoms with E-state index < -0.39 is 0 Å². The predicted molar refractivity (Wildman–Crippen MR) is 122 cm³/mol. The van der Waals surface area contributed by atoms with Crippen LogP contribution in [0.5, 0.6) is 0 Å². The number of hydrogen-bond acceptors (Lipinski definition) is 7. The van der Waals surface area contributed by atoms with E-state index in [0.717, 1.165) is 11.3 Å². The van der Waals surface area contributed by atoms with Crippen molar-refractivity contribution in [2.45, 2.75) is 30.0 Å². The SMILES string of the molecule is CC(=O)Nc1cccc(Nc2nnc(SC(C)C(=O)N(C)Cc3ccccc3)s2)c1. The number of anilines is 3. The number of hydrogen-bond donors (Lipinski definition) is 2. The van der Waals surface area contributed by atoms with Gasteiger partial charge in [-0.15, -0.1) is 10.2 Å². The van der Waals surface area contributed by atoms with Gasteiger partial charge in [0.25, 0.3) is 0 Å². The van der Waals surface area contributed by atoms with Crippen molar-refractivity contribution in [2.24, 2.45) is 0 Å². The second kappa shape index (κ2) is 10.2. The van der Waals surface area contributed by atoms with E-state index >= 15 is 0 Å². The second-order valence-corrected chi connectivity index (χ2v) is 9.27. The molecule has 0 fully saturated rings. The molecule has 2 amide bonds. The fourth-order valence-corrected chi connectivity index (χ4v) is 4.79. The molecule has 0 saturated carbocycles. The van der Waals surface area contributed by atoms with Gasteiger partial charge in [0.2, 0.25) is 16.9 Å². The molecule has 3 rings (SSSR count). The van der Waals surface area contributed by atoms with Gasteiger partial charge in [-0.3, -0.25) is 9.59 Å². The van der Waals surface area contributed by atoms with Gasteiger partial charge in [-0.25, -0.2) is 0 Å². The zero-order valence-electron chi connectivity index (χ0n) is 17.0. The molecule has 0 aliphatic carbocycles. The molecule has 1 atom stereocenters. The molecule has 2 N–H and O–H groups in total. The fraction of sp³-hybridized carbons (Fsp3) is 0.238. The van der Waals surface area contributed by atoms with Crippen molar-refractivity contribution >= 4 is 51.4 Å². The summed E-state index contributed by atoms with van der Waals surface area (Å²) in [4.78, 5) is 25.6. The summed E-state index contributed by atoms with van der Waals surface area (Å²) in [6, 6.07) is 17.3. The van der Waals surface area contributed by atoms with Crippen LogP contribution in [0, 0.1) is 0 Å². The zero-order valence-corrected chi connectivity index (χ0v) is 18.6. The van der Waals surface area contributed by atoms with Gasteiger partial charge >= 0.3 is 0 Å². The van der Waals surface area contributed by atoms with Crippen molar-refractivity contribution < 1.29 is 9.59 Å². The molecule has 0 spiro atoms. The molecule has 30 heavy (non-hydrogen) atoms. The third-order valence-electron chi connectivity index (χ3n) is 4.10. The first-order chi connectivity index (χ1) is 14.4. The Kier molecular flexibility index (Phi) is 7.42. The fourth-order valence-electron chi connectivity index (χ4n) is 2.76. The van der Waals surface area contributed by atoms with Crippen molar-refractivity contribution in [3.8, 4) is 0 Å². The highest BCUT2D eigenvalue weighted by Gasteiger charge is 2.21. The lowest BCUT2D eigenvalue weighted by molar-refractivity contribution is -0.129. The summed E-state index contributed by atoms with van der Waals surface area (Å²) in [6.07, 6.45) is 0. The van der Waals surface area contributed by atoms with Crippen molar-refractivity contribution in [1.82, 2.24) is 15.1 Å². The molecule has 0 saturated heterocycles. The van der Waals surface area contributed by atoms with Crippen molar-refractivity contribution in [3.63, 3.8) is 0 Å². The van der Waals surface area contributed by atoms with Crippen LogP contribution in [-0.2, 0) is 16.1 Å². The number of nitrogens with one attached hydrogen (secondary N) is 2. The van der Waals surface area contributed by atoms with Gasteiger partial charge in [0.15, 0.2) is 4.34 Å². The molecule has 2 aromatic carbocycles. The van der Waals surface area contributed by atoms with Crippen LogP contribution in [0.25, 0.3) is 0 Å². The van der Waals surface area contributed by atoms with E-state index in [1.807, 2.05) is 68.6 Å². The molecule has 1 aromatic heterocycles. The van der Waals surface area contributed by atoms with Crippen LogP contribution in [0.3, 0.4) is 0 Å². The average Bonchev–Trinajstić information content (AvgIpc) is 3.14. The molecular weight excluding hydrogens is 418 g/mol. The normalized spacial score (nSPS) is 11.6. The maximum Gasteiger partial charge on any atom is 0.235 e. The lowest BCUT2D eigenvalue weighted by Gasteiger charge is -2.20. The third-order valence-corrected chi connectivity index (χ3v) is 6.12. The summed E-state index contributed by atoms with van der Waals surface area (Å²) in [5.41, 5.74) is 2.59. The molecular formula is C21H23N5O2S2. The Labute approximate surface area is 183 Å². The van der Waals surface area contributed by atoms with Crippen LogP contribution in [0.2, 0.25) is 0 Å². The maximum absolute atomic E-state index is 12.7. The Morgan fingerprint density at radius 2 is 1.83 bits per heavy atom. The van der Waals surface area contributed by atoms with Crippen LogP contribution >= 0.6 is 23.1 Å². The van der Waals surface area contributed by atoms with E-state index in [1.54, 1.807) is 4.90 Å². The third kappa shape index (κ3) is 6.30. The minimum atomic E-state index is -0.275. The van der Waals surface area contributed by atoms with E-state index in [2.05, 4.69) is 20.8 Å². The number of benzene rings is 2. The molecule has 156 valence electrons. The lowest BCUT2D eigenvalue weighted by atomic mass is 10.2. The quantitative estimate of drug-likeness (QED) is 0.505. The summed E-state index contributed by atoms with van der Waals surface area (Å²) >= 11 is 2.77. The molecule has 1 heterocycles. The zero-order chi connectivity index (χ0) is 21.5. The molecule has 3 aromatic rings. The highest BCUT2D eigenvalue weighted by molar-refractivity contribution is 8.02. The van der Waals surface area contributed by atoms with Gasteiger partial charge < -0.3 is 15.5 Å². The Morgan fingerprint density at radius 1 is 1.10 bits per heavy atom. The smallest absolute Gasteiger partial charge is 0.235 e. The van der Waals surface area contributed by atoms with Gasteiger partial charge in [-0.2, -0.15) is 0 Å². The highest BCUT2D eigenvalue weighted by Crippen LogP contribution is 2.31. The summed E-state index contributed by atoms with van der Waals surface area (Å²) in [7, 11) is 1.81. The molecule has 0 bridgehead atoms. The maximum atomic E-state index is 12.7. The number of carbonyl (C=O) groups excluding carboxylic acids is 2. The van der Waals surface area contributed by atoms with Crippen molar-refractivity contribution in [3.05, 3.63) is 60.2 Å². The van der Waals surface area contributed by atoms with E-state index in [9.17, 15) is 9.59 Å². The summed E-state index contributed by atoms with van der Waals surface area (Å²) in [5.74, 6) is -0.0887. The number of rotatable bonds is 8. The first kappa shape index (κ1) is 21.8. The number of carbonyl (C=O) groups is 2. The molecule has 9 heteroatoms. The standard InChI is InChI=1S/C21H23N5O2S2/c1-14(19(28)26(3)13-16-8-5-4-6-9-16)29-21-25-24-20(30-21)23-18-11-7-10-17(12-18)22-15(2)27/h4-12,14H,13H2,1-3H3,(H,22,27)(H,23,24). The Morgan fingerprint density at radius 3 is 2.57 bits per heavy atom. The van der Waals surface area contributed by atoms with Gasteiger partial charge in [0, 0.05) is 31.9 Å². The summed E-state index contributed by atoms with van der Waals surface area (Å²) in [5, 5.41) is 14.6. The van der Waals surface area contributed by atoms with E-state index in [0.29, 0.717) is 21.7 Å². The van der Waals surface area contributed by atoms with Crippen LogP contribution in [0.15, 0.2) is 58.9 Å². The Bertz CT molecular complexity index is 1010. The van der Waals surface area contributed by atoms with Crippen molar-refractivity contribution in [1.29, 1.82) is 0 Å². The largest absolute Gasteiger partial charge is 0.340 e. The van der Waals surface area contributed by atoms with Gasteiger partial charge in [-0.1, -0.05) is 59.5 Å². The minimum absolute atomic E-state index is 0.0385. The molecule has 0 aliphatic heterocycles. The topological polar surface area (TPSA) is 87.2 Å². The van der Waals surface area contributed by atoms with Crippen LogP contribution in [-0.4, -0.2) is 39.2 Å². The Hall–Kier alpha value is -2.91. The Balaban J connectivity index is 1.57.